The van der Waals surface area contributed by atoms with Gasteiger partial charge in [-0.25, -0.2) is 0 Å². The van der Waals surface area contributed by atoms with E-state index in [0.717, 1.165) is 0 Å². The van der Waals surface area contributed by atoms with E-state index in [0.29, 0.717) is 0 Å². The predicted molar refractivity (Wildman–Crippen MR) is 249 cm³/mol. The van der Waals surface area contributed by atoms with Gasteiger partial charge in [0, 0.05) is 20.2 Å². The van der Waals surface area contributed by atoms with Crippen molar-refractivity contribution in [1.82, 2.24) is 0 Å². The topological polar surface area (TPSA) is 0 Å². The molecule has 264 valence electrons. The molecule has 0 amide bonds. The molecule has 12 aromatic rings. The second-order valence-electron chi connectivity index (χ2n) is 15.1. The third kappa shape index (κ3) is 4.93. The molecule has 0 bridgehead atoms. The molecule has 0 saturated carbocycles. The van der Waals surface area contributed by atoms with Crippen LogP contribution >= 0.6 is 11.3 Å². The molecule has 0 radical (unpaired) electrons. The molecular formula is C56H34S. The van der Waals surface area contributed by atoms with E-state index in [1.165, 1.54) is 119 Å². The molecule has 12 rings (SSSR count). The molecule has 0 atom stereocenters. The predicted octanol–water partition coefficient (Wildman–Crippen LogP) is 16.5. The lowest BCUT2D eigenvalue weighted by atomic mass is 9.84. The molecule has 0 spiro atoms. The molecule has 57 heavy (non-hydrogen) atoms. The largest absolute Gasteiger partial charge is 0.135 e. The SMILES string of the molecule is c1ccc(-c2c3ccccc3c(-c3ccc4sc5cc(-c6c7ccccc7c(-c7cccc8ccccc78)c7ccccc67)ccc5c4c3)c3ccccc23)cc1. The van der Waals surface area contributed by atoms with Crippen molar-refractivity contribution in [3.63, 3.8) is 0 Å². The van der Waals surface area contributed by atoms with E-state index < -0.39 is 0 Å². The van der Waals surface area contributed by atoms with E-state index in [-0.39, 0.29) is 0 Å². The number of hydrogen-bond acceptors (Lipinski definition) is 1. The van der Waals surface area contributed by atoms with Gasteiger partial charge in [-0.1, -0.05) is 188 Å². The van der Waals surface area contributed by atoms with Crippen molar-refractivity contribution >= 4 is 85.4 Å². The molecule has 0 N–H and O–H groups in total. The second kappa shape index (κ2) is 12.7. The Morgan fingerprint density at radius 1 is 0.228 bits per heavy atom. The molecule has 0 unspecified atom stereocenters. The quantitative estimate of drug-likeness (QED) is 0.158. The number of thiophene rings is 1. The first-order chi connectivity index (χ1) is 28.3. The third-order valence-corrected chi connectivity index (χ3v) is 13.2. The van der Waals surface area contributed by atoms with Crippen LogP contribution in [0.2, 0.25) is 0 Å². The molecule has 0 fully saturated rings. The normalized spacial score (nSPS) is 11.9. The highest BCUT2D eigenvalue weighted by molar-refractivity contribution is 7.25. The standard InChI is InChI=1S/C56H34S/c1-2-16-36(17-3-1)53-42-20-6-8-22-44(42)54(45-23-9-7-21-43(45)53)37-30-32-51-50(33-37)40-31-29-38(34-52(40)57-51)55-46-24-10-12-26-48(46)56(49-27-13-11-25-47(49)55)41-28-14-18-35-15-4-5-19-39(35)41/h1-34H. The van der Waals surface area contributed by atoms with Crippen LogP contribution in [0.5, 0.6) is 0 Å². The zero-order valence-electron chi connectivity index (χ0n) is 31.0. The fourth-order valence-corrected chi connectivity index (χ4v) is 10.7. The average molecular weight is 739 g/mol. The summed E-state index contributed by atoms with van der Waals surface area (Å²) in [5, 5.41) is 15.4. The van der Waals surface area contributed by atoms with Crippen molar-refractivity contribution in [3.05, 3.63) is 206 Å². The van der Waals surface area contributed by atoms with Crippen molar-refractivity contribution in [2.75, 3.05) is 0 Å². The van der Waals surface area contributed by atoms with Gasteiger partial charge in [0.05, 0.1) is 0 Å². The van der Waals surface area contributed by atoms with E-state index in [2.05, 4.69) is 206 Å². The van der Waals surface area contributed by atoms with Gasteiger partial charge in [0.25, 0.3) is 0 Å². The molecule has 1 heteroatoms. The lowest BCUT2D eigenvalue weighted by Gasteiger charge is -2.19. The van der Waals surface area contributed by atoms with Gasteiger partial charge in [-0.15, -0.1) is 11.3 Å². The van der Waals surface area contributed by atoms with Crippen molar-refractivity contribution in [3.8, 4) is 44.5 Å². The summed E-state index contributed by atoms with van der Waals surface area (Å²) in [6.07, 6.45) is 0. The minimum atomic E-state index is 1.25. The fourth-order valence-electron chi connectivity index (χ4n) is 9.62. The maximum absolute atomic E-state index is 2.44. The summed E-state index contributed by atoms with van der Waals surface area (Å²) in [4.78, 5) is 0. The molecule has 0 nitrogen and oxygen atoms in total. The van der Waals surface area contributed by atoms with Gasteiger partial charge < -0.3 is 0 Å². The summed E-state index contributed by atoms with van der Waals surface area (Å²) in [5.41, 5.74) is 10.2. The zero-order valence-corrected chi connectivity index (χ0v) is 31.9. The molecular weight excluding hydrogens is 705 g/mol. The van der Waals surface area contributed by atoms with Gasteiger partial charge in [0.15, 0.2) is 0 Å². The summed E-state index contributed by atoms with van der Waals surface area (Å²) in [6, 6.07) is 76.4. The van der Waals surface area contributed by atoms with Crippen molar-refractivity contribution in [2.24, 2.45) is 0 Å². The van der Waals surface area contributed by atoms with E-state index in [9.17, 15) is 0 Å². The van der Waals surface area contributed by atoms with Crippen molar-refractivity contribution in [2.45, 2.75) is 0 Å². The minimum absolute atomic E-state index is 1.25. The summed E-state index contributed by atoms with van der Waals surface area (Å²) in [7, 11) is 0. The highest BCUT2D eigenvalue weighted by Gasteiger charge is 2.20. The number of rotatable bonds is 4. The highest BCUT2D eigenvalue weighted by Crippen LogP contribution is 2.48. The zero-order chi connectivity index (χ0) is 37.5. The molecule has 0 aliphatic carbocycles. The first-order valence-electron chi connectivity index (χ1n) is 19.7. The van der Waals surface area contributed by atoms with Gasteiger partial charge in [-0.2, -0.15) is 0 Å². The lowest BCUT2D eigenvalue weighted by molar-refractivity contribution is 1.66. The molecule has 11 aromatic carbocycles. The smallest absolute Gasteiger partial charge is 0.0361 e. The summed E-state index contributed by atoms with van der Waals surface area (Å²) < 4.78 is 2.61. The van der Waals surface area contributed by atoms with Crippen LogP contribution < -0.4 is 0 Å². The van der Waals surface area contributed by atoms with Crippen LogP contribution in [0.4, 0.5) is 0 Å². The van der Waals surface area contributed by atoms with Crippen molar-refractivity contribution in [1.29, 1.82) is 0 Å². The van der Waals surface area contributed by atoms with E-state index in [1.807, 2.05) is 11.3 Å². The van der Waals surface area contributed by atoms with Crippen molar-refractivity contribution < 1.29 is 0 Å². The average Bonchev–Trinajstić information content (AvgIpc) is 3.64. The first-order valence-corrected chi connectivity index (χ1v) is 20.5. The van der Waals surface area contributed by atoms with Gasteiger partial charge in [-0.05, 0) is 117 Å². The Morgan fingerprint density at radius 2 is 0.667 bits per heavy atom. The van der Waals surface area contributed by atoms with Crippen LogP contribution in [-0.4, -0.2) is 0 Å². The molecule has 1 heterocycles. The highest BCUT2D eigenvalue weighted by atomic mass is 32.1. The van der Waals surface area contributed by atoms with E-state index in [1.54, 1.807) is 0 Å². The van der Waals surface area contributed by atoms with Crippen LogP contribution in [0.1, 0.15) is 0 Å². The van der Waals surface area contributed by atoms with Crippen LogP contribution in [-0.2, 0) is 0 Å². The lowest BCUT2D eigenvalue weighted by Crippen LogP contribution is -1.91. The van der Waals surface area contributed by atoms with Gasteiger partial charge in [0.2, 0.25) is 0 Å². The Hall–Kier alpha value is -7.06. The van der Waals surface area contributed by atoms with Crippen LogP contribution in [0.3, 0.4) is 0 Å². The maximum atomic E-state index is 2.44. The summed E-state index contributed by atoms with van der Waals surface area (Å²) in [5.74, 6) is 0. The summed E-state index contributed by atoms with van der Waals surface area (Å²) in [6.45, 7) is 0. The molecule has 0 aliphatic heterocycles. The number of benzene rings is 11. The Morgan fingerprint density at radius 3 is 1.25 bits per heavy atom. The number of fused-ring (bicyclic) bond motifs is 8. The van der Waals surface area contributed by atoms with E-state index >= 15 is 0 Å². The Labute approximate surface area is 334 Å². The first kappa shape index (κ1) is 32.2. The molecule has 1 aromatic heterocycles. The fraction of sp³-hybridized carbons (Fsp3) is 0. The maximum Gasteiger partial charge on any atom is 0.0361 e. The van der Waals surface area contributed by atoms with Gasteiger partial charge in [-0.3, -0.25) is 0 Å². The molecule has 0 saturated heterocycles. The van der Waals surface area contributed by atoms with Crippen LogP contribution in [0.15, 0.2) is 206 Å². The monoisotopic (exact) mass is 738 g/mol. The Bertz CT molecular complexity index is 3450. The van der Waals surface area contributed by atoms with Gasteiger partial charge >= 0.3 is 0 Å². The second-order valence-corrected chi connectivity index (χ2v) is 16.2. The number of hydrogen-bond donors (Lipinski definition) is 0. The Balaban J connectivity index is 1.07. The Kier molecular flexibility index (Phi) is 7.20. The molecule has 0 aliphatic rings. The van der Waals surface area contributed by atoms with E-state index in [4.69, 9.17) is 0 Å². The summed E-state index contributed by atoms with van der Waals surface area (Å²) >= 11 is 1.89. The van der Waals surface area contributed by atoms with Crippen LogP contribution in [0, 0.1) is 0 Å². The van der Waals surface area contributed by atoms with Gasteiger partial charge in [0.1, 0.15) is 0 Å². The minimum Gasteiger partial charge on any atom is -0.135 e. The van der Waals surface area contributed by atoms with Crippen LogP contribution in [0.25, 0.3) is 119 Å². The third-order valence-electron chi connectivity index (χ3n) is 12.0.